The van der Waals surface area contributed by atoms with Crippen LogP contribution in [-0.4, -0.2) is 60.6 Å². The molecule has 0 aliphatic carbocycles. The van der Waals surface area contributed by atoms with Gasteiger partial charge in [-0.25, -0.2) is 4.99 Å². The van der Waals surface area contributed by atoms with Gasteiger partial charge < -0.3 is 14.6 Å². The lowest BCUT2D eigenvalue weighted by atomic mass is 10.1. The Hall–Kier alpha value is -2.93. The maximum atomic E-state index is 12.9. The van der Waals surface area contributed by atoms with Gasteiger partial charge in [0, 0.05) is 26.2 Å². The molecule has 7 nitrogen and oxygen atoms in total. The van der Waals surface area contributed by atoms with Gasteiger partial charge in [-0.1, -0.05) is 37.3 Å². The molecule has 0 unspecified atom stereocenters. The average Bonchev–Trinajstić information content (AvgIpc) is 3.34. The van der Waals surface area contributed by atoms with E-state index in [2.05, 4.69) is 51.4 Å². The van der Waals surface area contributed by atoms with Crippen LogP contribution < -0.4 is 5.32 Å². The van der Waals surface area contributed by atoms with Crippen LogP contribution in [0.1, 0.15) is 40.6 Å². The van der Waals surface area contributed by atoms with E-state index >= 15 is 0 Å². The Morgan fingerprint density at radius 3 is 2.93 bits per heavy atom. The van der Waals surface area contributed by atoms with Crippen LogP contribution in [0.25, 0.3) is 0 Å². The fraction of sp³-hybridized carbons (Fsp3) is 0.409. The smallest absolute Gasteiger partial charge is 0.255 e. The second-order valence-electron chi connectivity index (χ2n) is 7.32. The van der Waals surface area contributed by atoms with Crippen molar-refractivity contribution < 1.29 is 9.21 Å². The van der Waals surface area contributed by atoms with E-state index < -0.39 is 0 Å². The molecular formula is C22H27N5O2. The molecule has 1 N–H and O–H groups in total. The lowest BCUT2D eigenvalue weighted by Gasteiger charge is -2.20. The summed E-state index contributed by atoms with van der Waals surface area (Å²) >= 11 is 0. The Morgan fingerprint density at radius 2 is 2.14 bits per heavy atom. The Balaban J connectivity index is 1.34. The zero-order chi connectivity index (χ0) is 20.2. The van der Waals surface area contributed by atoms with E-state index in [-0.39, 0.29) is 5.91 Å². The average molecular weight is 393 g/mol. The first-order valence-electron chi connectivity index (χ1n) is 10.2. The van der Waals surface area contributed by atoms with Crippen LogP contribution in [0.15, 0.2) is 44.7 Å². The molecule has 3 heterocycles. The number of fused-ring (bicyclic) bond motifs is 3. The van der Waals surface area contributed by atoms with Crippen molar-refractivity contribution in [2.75, 3.05) is 32.7 Å². The van der Waals surface area contributed by atoms with Crippen molar-refractivity contribution >= 4 is 24.0 Å². The number of amidine groups is 1. The minimum Gasteiger partial charge on any atom is -0.442 e. The molecule has 0 atom stereocenters. The van der Waals surface area contributed by atoms with Gasteiger partial charge in [-0.15, -0.1) is 0 Å². The predicted molar refractivity (Wildman–Crippen MR) is 114 cm³/mol. The van der Waals surface area contributed by atoms with Crippen molar-refractivity contribution in [2.24, 2.45) is 9.98 Å². The molecule has 1 amide bonds. The minimum atomic E-state index is -0.120. The SMILES string of the molecule is CCN(CCCNC(=O)c1c(C)oc2c1C1=NCCN1C=N2)Cc1ccccc1. The summed E-state index contributed by atoms with van der Waals surface area (Å²) < 4.78 is 5.72. The number of carbonyl (C=O) groups is 1. The van der Waals surface area contributed by atoms with Crippen LogP contribution in [0.5, 0.6) is 0 Å². The molecule has 2 aliphatic rings. The maximum absolute atomic E-state index is 12.9. The molecule has 0 bridgehead atoms. The number of amides is 1. The first-order valence-corrected chi connectivity index (χ1v) is 10.2. The highest BCUT2D eigenvalue weighted by atomic mass is 16.4. The molecule has 4 rings (SSSR count). The van der Waals surface area contributed by atoms with Gasteiger partial charge in [-0.3, -0.25) is 14.7 Å². The van der Waals surface area contributed by atoms with Crippen molar-refractivity contribution in [1.29, 1.82) is 0 Å². The van der Waals surface area contributed by atoms with Crippen molar-refractivity contribution in [3.8, 4) is 0 Å². The molecule has 1 aromatic carbocycles. The lowest BCUT2D eigenvalue weighted by Crippen LogP contribution is -2.33. The van der Waals surface area contributed by atoms with Crippen molar-refractivity contribution in [2.45, 2.75) is 26.8 Å². The summed E-state index contributed by atoms with van der Waals surface area (Å²) in [5.74, 6) is 1.73. The molecule has 0 saturated heterocycles. The summed E-state index contributed by atoms with van der Waals surface area (Å²) in [5, 5.41) is 3.05. The second-order valence-corrected chi connectivity index (χ2v) is 7.32. The summed E-state index contributed by atoms with van der Waals surface area (Å²) in [6.07, 6.45) is 2.61. The number of aliphatic imine (C=N–C) groups is 2. The molecule has 7 heteroatoms. The third kappa shape index (κ3) is 4.10. The van der Waals surface area contributed by atoms with Gasteiger partial charge in [0.05, 0.1) is 17.7 Å². The van der Waals surface area contributed by atoms with Crippen molar-refractivity contribution in [1.82, 2.24) is 15.1 Å². The topological polar surface area (TPSA) is 73.4 Å². The van der Waals surface area contributed by atoms with E-state index in [1.165, 1.54) is 5.56 Å². The summed E-state index contributed by atoms with van der Waals surface area (Å²) in [6, 6.07) is 10.5. The fourth-order valence-electron chi connectivity index (χ4n) is 3.80. The lowest BCUT2D eigenvalue weighted by molar-refractivity contribution is 0.0950. The summed E-state index contributed by atoms with van der Waals surface area (Å²) in [7, 11) is 0. The molecule has 0 fully saturated rings. The second kappa shape index (κ2) is 8.61. The van der Waals surface area contributed by atoms with Crippen LogP contribution in [-0.2, 0) is 6.54 Å². The largest absolute Gasteiger partial charge is 0.442 e. The van der Waals surface area contributed by atoms with E-state index in [0.717, 1.165) is 44.0 Å². The Bertz CT molecular complexity index is 932. The zero-order valence-electron chi connectivity index (χ0n) is 17.0. The molecular weight excluding hydrogens is 366 g/mol. The van der Waals surface area contributed by atoms with Crippen LogP contribution in [0.3, 0.4) is 0 Å². The molecule has 1 aromatic heterocycles. The molecule has 29 heavy (non-hydrogen) atoms. The number of aryl methyl sites for hydroxylation is 1. The monoisotopic (exact) mass is 393 g/mol. The van der Waals surface area contributed by atoms with Gasteiger partial charge in [0.1, 0.15) is 17.9 Å². The number of carbonyl (C=O) groups excluding carboxylic acids is 1. The summed E-state index contributed by atoms with van der Waals surface area (Å²) in [4.78, 5) is 26.1. The molecule has 2 aromatic rings. The van der Waals surface area contributed by atoms with E-state index in [1.807, 2.05) is 11.0 Å². The maximum Gasteiger partial charge on any atom is 0.255 e. The number of hydrogen-bond donors (Lipinski definition) is 1. The number of nitrogens with one attached hydrogen (secondary N) is 1. The minimum absolute atomic E-state index is 0.120. The van der Waals surface area contributed by atoms with E-state index in [4.69, 9.17) is 4.42 Å². The Kier molecular flexibility index (Phi) is 5.76. The number of rotatable bonds is 8. The molecule has 0 radical (unpaired) electrons. The normalized spacial score (nSPS) is 14.7. The van der Waals surface area contributed by atoms with Gasteiger partial charge in [-0.05, 0) is 25.5 Å². The van der Waals surface area contributed by atoms with Crippen LogP contribution in [0.4, 0.5) is 5.88 Å². The first-order chi connectivity index (χ1) is 14.2. The highest BCUT2D eigenvalue weighted by molar-refractivity contribution is 6.17. The van der Waals surface area contributed by atoms with E-state index in [0.29, 0.717) is 30.3 Å². The van der Waals surface area contributed by atoms with Gasteiger partial charge in [-0.2, -0.15) is 0 Å². The Morgan fingerprint density at radius 1 is 1.31 bits per heavy atom. The third-order valence-electron chi connectivity index (χ3n) is 5.34. The zero-order valence-corrected chi connectivity index (χ0v) is 17.0. The summed E-state index contributed by atoms with van der Waals surface area (Å²) in [6.45, 7) is 8.91. The highest BCUT2D eigenvalue weighted by Crippen LogP contribution is 2.34. The fourth-order valence-corrected chi connectivity index (χ4v) is 3.80. The van der Waals surface area contributed by atoms with E-state index in [9.17, 15) is 4.79 Å². The van der Waals surface area contributed by atoms with Crippen molar-refractivity contribution in [3.05, 3.63) is 52.8 Å². The molecule has 0 spiro atoms. The van der Waals surface area contributed by atoms with Gasteiger partial charge in [0.2, 0.25) is 5.88 Å². The number of benzene rings is 1. The van der Waals surface area contributed by atoms with Crippen LogP contribution >= 0.6 is 0 Å². The molecule has 0 saturated carbocycles. The van der Waals surface area contributed by atoms with E-state index in [1.54, 1.807) is 13.3 Å². The van der Waals surface area contributed by atoms with Gasteiger partial charge in [0.15, 0.2) is 0 Å². The third-order valence-corrected chi connectivity index (χ3v) is 5.34. The van der Waals surface area contributed by atoms with Gasteiger partial charge >= 0.3 is 0 Å². The predicted octanol–water partition coefficient (Wildman–Crippen LogP) is 2.97. The first kappa shape index (κ1) is 19.4. The molecule has 2 aliphatic heterocycles. The van der Waals surface area contributed by atoms with Crippen molar-refractivity contribution in [3.63, 3.8) is 0 Å². The quantitative estimate of drug-likeness (QED) is 0.700. The highest BCUT2D eigenvalue weighted by Gasteiger charge is 2.33. The molecule has 152 valence electrons. The summed E-state index contributed by atoms with van der Waals surface area (Å²) in [5.41, 5.74) is 2.58. The van der Waals surface area contributed by atoms with Crippen LogP contribution in [0, 0.1) is 6.92 Å². The number of furan rings is 1. The Labute approximate surface area is 171 Å². The number of hydrogen-bond acceptors (Lipinski definition) is 6. The standard InChI is InChI=1S/C22H27N5O2/c1-3-26(14-17-8-5-4-6-9-17)12-7-10-24-21(28)18-16(2)29-22-19(18)20-23-11-13-27(20)15-25-22/h4-6,8-9,15H,3,7,10-14H2,1-2H3,(H,24,28). The van der Waals surface area contributed by atoms with Gasteiger partial charge in [0.25, 0.3) is 5.91 Å². The van der Waals surface area contributed by atoms with Crippen LogP contribution in [0.2, 0.25) is 0 Å². The number of nitrogens with zero attached hydrogens (tertiary/aromatic N) is 4.